The highest BCUT2D eigenvalue weighted by molar-refractivity contribution is 7.98. The number of likely N-dealkylation sites (tertiary alicyclic amines) is 1. The largest absolute Gasteiger partial charge is 0.479 e. The Morgan fingerprint density at radius 1 is 0.786 bits per heavy atom. The number of aryl methyl sites for hydroxylation is 2. The Morgan fingerprint density at radius 2 is 1.36 bits per heavy atom. The van der Waals surface area contributed by atoms with E-state index in [0.29, 0.717) is 22.4 Å². The number of anilines is 1. The number of ketones is 1. The van der Waals surface area contributed by atoms with E-state index in [9.17, 15) is 19.5 Å². The number of carbonyl (C=O) groups excluding carboxylic acids is 2. The number of urea groups is 1. The third-order valence-corrected chi connectivity index (χ3v) is 9.04. The molecule has 1 aliphatic rings. The van der Waals surface area contributed by atoms with Crippen molar-refractivity contribution in [3.63, 3.8) is 0 Å². The number of hydrogen-bond donors (Lipinski definition) is 2. The van der Waals surface area contributed by atoms with Crippen molar-refractivity contribution in [2.75, 3.05) is 11.6 Å². The summed E-state index contributed by atoms with van der Waals surface area (Å²) in [4.78, 5) is 44.7. The van der Waals surface area contributed by atoms with Gasteiger partial charge in [-0.15, -0.1) is 11.8 Å². The maximum Gasteiger partial charge on any atom is 0.330 e. The van der Waals surface area contributed by atoms with E-state index in [1.54, 1.807) is 43.0 Å². The van der Waals surface area contributed by atoms with Crippen molar-refractivity contribution in [1.82, 2.24) is 4.90 Å². The van der Waals surface area contributed by atoms with E-state index in [1.807, 2.05) is 99.0 Å². The maximum absolute atomic E-state index is 14.6. The quantitative estimate of drug-likeness (QED) is 0.173. The molecular formula is C35H34N2O4S. The molecule has 0 radical (unpaired) electrons. The molecule has 0 bridgehead atoms. The molecule has 0 aliphatic carbocycles. The Kier molecular flexibility index (Phi) is 8.23. The fraction of sp³-hybridized carbons (Fsp3) is 0.229. The summed E-state index contributed by atoms with van der Waals surface area (Å²) in [5, 5.41) is 13.9. The van der Waals surface area contributed by atoms with E-state index >= 15 is 0 Å². The highest BCUT2D eigenvalue weighted by Gasteiger charge is 2.65. The van der Waals surface area contributed by atoms with Crippen molar-refractivity contribution in [1.29, 1.82) is 0 Å². The first-order valence-electron chi connectivity index (χ1n) is 13.8. The first-order chi connectivity index (χ1) is 20.1. The molecule has 5 rings (SSSR count). The van der Waals surface area contributed by atoms with Gasteiger partial charge in [-0.3, -0.25) is 9.69 Å². The summed E-state index contributed by atoms with van der Waals surface area (Å²) in [7, 11) is 0. The molecule has 4 aromatic rings. The molecule has 2 amide bonds. The number of nitrogens with one attached hydrogen (secondary N) is 1. The Morgan fingerprint density at radius 3 is 1.90 bits per heavy atom. The zero-order chi connectivity index (χ0) is 30.0. The van der Waals surface area contributed by atoms with E-state index < -0.39 is 35.4 Å². The van der Waals surface area contributed by atoms with Gasteiger partial charge < -0.3 is 10.4 Å². The molecule has 4 aromatic carbocycles. The normalized spacial score (nSPS) is 21.6. The van der Waals surface area contributed by atoms with Crippen LogP contribution in [0.15, 0.2) is 108 Å². The van der Waals surface area contributed by atoms with Crippen LogP contribution < -0.4 is 5.32 Å². The van der Waals surface area contributed by atoms with Gasteiger partial charge in [0.2, 0.25) is 0 Å². The predicted octanol–water partition coefficient (Wildman–Crippen LogP) is 7.74. The number of hydrogen-bond acceptors (Lipinski definition) is 4. The first kappa shape index (κ1) is 29.1. The number of thioether (sulfide) groups is 1. The van der Waals surface area contributed by atoms with Crippen LogP contribution in [0.25, 0.3) is 0 Å². The molecule has 1 saturated heterocycles. The van der Waals surface area contributed by atoms with Crippen LogP contribution in [0.5, 0.6) is 0 Å². The Hall–Kier alpha value is -4.36. The molecule has 214 valence electrons. The van der Waals surface area contributed by atoms with Gasteiger partial charge in [-0.05, 0) is 62.4 Å². The number of benzene rings is 4. The number of nitrogens with zero attached hydrogens (tertiary/aromatic N) is 1. The van der Waals surface area contributed by atoms with Crippen molar-refractivity contribution in [2.45, 2.75) is 43.2 Å². The number of carboxylic acid groups (broad SMARTS) is 1. The summed E-state index contributed by atoms with van der Waals surface area (Å²) in [5.74, 6) is -3.10. The maximum atomic E-state index is 14.6. The van der Waals surface area contributed by atoms with Crippen molar-refractivity contribution >= 4 is 35.2 Å². The van der Waals surface area contributed by atoms with Crippen LogP contribution in [0.3, 0.4) is 0 Å². The fourth-order valence-electron chi connectivity index (χ4n) is 6.08. The topological polar surface area (TPSA) is 86.7 Å². The van der Waals surface area contributed by atoms with Crippen LogP contribution in [0.1, 0.15) is 51.5 Å². The lowest BCUT2D eigenvalue weighted by Gasteiger charge is -2.37. The Labute approximate surface area is 250 Å². The van der Waals surface area contributed by atoms with Gasteiger partial charge in [0, 0.05) is 22.1 Å². The highest BCUT2D eigenvalue weighted by atomic mass is 32.2. The van der Waals surface area contributed by atoms with E-state index in [4.69, 9.17) is 0 Å². The molecule has 7 heteroatoms. The minimum Gasteiger partial charge on any atom is -0.479 e. The van der Waals surface area contributed by atoms with Gasteiger partial charge >= 0.3 is 12.0 Å². The standard InChI is InChI=1S/C35H34N2O4S/c1-22-10-14-25(15-11-22)31-29(32(38)26-16-20-28(42-4)21-17-26)30(24-8-6-5-7-9-24)35(3,33(39)40)37(31)34(41)36-27-18-12-23(2)13-19-27/h5-21,29-31H,1-4H3,(H,36,41)(H,39,40). The molecule has 0 saturated carbocycles. The van der Waals surface area contributed by atoms with Crippen LogP contribution >= 0.6 is 11.8 Å². The summed E-state index contributed by atoms with van der Waals surface area (Å²) >= 11 is 1.58. The van der Waals surface area contributed by atoms with E-state index in [-0.39, 0.29) is 5.78 Å². The van der Waals surface area contributed by atoms with Gasteiger partial charge in [-0.2, -0.15) is 0 Å². The molecule has 4 unspecified atom stereocenters. The van der Waals surface area contributed by atoms with Crippen LogP contribution in [-0.4, -0.2) is 39.6 Å². The third-order valence-electron chi connectivity index (χ3n) is 8.29. The van der Waals surface area contributed by atoms with Gasteiger partial charge in [-0.1, -0.05) is 90.0 Å². The van der Waals surface area contributed by atoms with E-state index in [2.05, 4.69) is 5.32 Å². The van der Waals surface area contributed by atoms with Crippen LogP contribution in [0, 0.1) is 19.8 Å². The SMILES string of the molecule is CSc1ccc(C(=O)C2C(c3ccc(C)cc3)N(C(=O)Nc3ccc(C)cc3)C(C)(C(=O)O)C2c2ccccc2)cc1. The summed E-state index contributed by atoms with van der Waals surface area (Å²) in [5.41, 5.74) is 2.69. The number of amides is 2. The van der Waals surface area contributed by atoms with Crippen molar-refractivity contribution in [2.24, 2.45) is 5.92 Å². The smallest absolute Gasteiger partial charge is 0.330 e. The van der Waals surface area contributed by atoms with Crippen molar-refractivity contribution in [3.05, 3.63) is 131 Å². The van der Waals surface area contributed by atoms with Gasteiger partial charge in [-0.25, -0.2) is 9.59 Å². The lowest BCUT2D eigenvalue weighted by atomic mass is 9.71. The van der Waals surface area contributed by atoms with Gasteiger partial charge in [0.25, 0.3) is 0 Å². The number of carbonyl (C=O) groups is 3. The summed E-state index contributed by atoms with van der Waals surface area (Å²) in [6.07, 6.45) is 1.97. The van der Waals surface area contributed by atoms with Crippen LogP contribution in [-0.2, 0) is 4.79 Å². The highest BCUT2D eigenvalue weighted by Crippen LogP contribution is 2.56. The number of Topliss-reactive ketones (excluding diaryl/α,β-unsaturated/α-hetero) is 1. The minimum absolute atomic E-state index is 0.208. The molecule has 0 aromatic heterocycles. The molecule has 0 spiro atoms. The number of rotatable bonds is 7. The van der Waals surface area contributed by atoms with Gasteiger partial charge in [0.1, 0.15) is 5.54 Å². The van der Waals surface area contributed by atoms with Crippen LogP contribution in [0.4, 0.5) is 10.5 Å². The average molecular weight is 579 g/mol. The molecule has 42 heavy (non-hydrogen) atoms. The molecular weight excluding hydrogens is 544 g/mol. The molecule has 1 fully saturated rings. The summed E-state index contributed by atoms with van der Waals surface area (Å²) in [6, 6.07) is 30.1. The van der Waals surface area contributed by atoms with E-state index in [1.165, 1.54) is 4.90 Å². The van der Waals surface area contributed by atoms with Crippen LogP contribution in [0.2, 0.25) is 0 Å². The first-order valence-corrected chi connectivity index (χ1v) is 15.1. The summed E-state index contributed by atoms with van der Waals surface area (Å²) < 4.78 is 0. The number of carboxylic acids is 1. The van der Waals surface area contributed by atoms with Gasteiger partial charge in [0.05, 0.1) is 12.0 Å². The van der Waals surface area contributed by atoms with Crippen molar-refractivity contribution in [3.8, 4) is 0 Å². The Bertz CT molecular complexity index is 1590. The second-order valence-electron chi connectivity index (χ2n) is 11.0. The summed E-state index contributed by atoms with van der Waals surface area (Å²) in [6.45, 7) is 5.48. The molecule has 1 heterocycles. The molecule has 1 aliphatic heterocycles. The predicted molar refractivity (Wildman–Crippen MR) is 167 cm³/mol. The molecule has 4 atom stereocenters. The van der Waals surface area contributed by atoms with E-state index in [0.717, 1.165) is 16.0 Å². The van der Waals surface area contributed by atoms with Crippen molar-refractivity contribution < 1.29 is 19.5 Å². The molecule has 6 nitrogen and oxygen atoms in total. The Balaban J connectivity index is 1.74. The minimum atomic E-state index is -1.76. The second-order valence-corrected chi connectivity index (χ2v) is 11.9. The second kappa shape index (κ2) is 11.9. The monoisotopic (exact) mass is 578 g/mol. The average Bonchev–Trinajstić information content (AvgIpc) is 3.29. The fourth-order valence-corrected chi connectivity index (χ4v) is 6.49. The zero-order valence-corrected chi connectivity index (χ0v) is 24.9. The lowest BCUT2D eigenvalue weighted by Crippen LogP contribution is -2.55. The lowest BCUT2D eigenvalue weighted by molar-refractivity contribution is -0.148. The van der Waals surface area contributed by atoms with Gasteiger partial charge in [0.15, 0.2) is 5.78 Å². The third kappa shape index (κ3) is 5.32. The zero-order valence-electron chi connectivity index (χ0n) is 24.1. The number of aliphatic carboxylic acids is 1. The molecule has 2 N–H and O–H groups in total.